The maximum atomic E-state index is 13.0. The molecule has 1 aliphatic carbocycles. The SMILES string of the molecule is CCOC(=O)C(c1[nH]c2ccc(OC)cc2c1SC(C)(C)C)C1CCCC1. The monoisotopic (exact) mass is 389 g/mol. The van der Waals surface area contributed by atoms with Gasteiger partial charge in [-0.05, 0) is 43.9 Å². The van der Waals surface area contributed by atoms with E-state index in [0.29, 0.717) is 12.5 Å². The van der Waals surface area contributed by atoms with Crippen LogP contribution in [0.25, 0.3) is 10.9 Å². The van der Waals surface area contributed by atoms with Crippen molar-refractivity contribution in [3.63, 3.8) is 0 Å². The van der Waals surface area contributed by atoms with Gasteiger partial charge in [0.1, 0.15) is 11.7 Å². The maximum absolute atomic E-state index is 13.0. The Labute approximate surface area is 166 Å². The number of benzene rings is 1. The summed E-state index contributed by atoms with van der Waals surface area (Å²) >= 11 is 1.81. The number of aromatic amines is 1. The van der Waals surface area contributed by atoms with Crippen molar-refractivity contribution in [3.05, 3.63) is 23.9 Å². The van der Waals surface area contributed by atoms with Gasteiger partial charge in [0.2, 0.25) is 0 Å². The van der Waals surface area contributed by atoms with E-state index in [-0.39, 0.29) is 16.6 Å². The minimum atomic E-state index is -0.226. The number of hydrogen-bond acceptors (Lipinski definition) is 4. The number of aromatic nitrogens is 1. The Morgan fingerprint density at radius 2 is 2.00 bits per heavy atom. The van der Waals surface area contributed by atoms with Gasteiger partial charge in [-0.3, -0.25) is 4.79 Å². The number of ether oxygens (including phenoxy) is 2. The third kappa shape index (κ3) is 4.45. The van der Waals surface area contributed by atoms with Crippen LogP contribution >= 0.6 is 11.8 Å². The molecule has 1 aliphatic rings. The van der Waals surface area contributed by atoms with E-state index in [9.17, 15) is 4.79 Å². The number of nitrogens with one attached hydrogen (secondary N) is 1. The molecule has 2 aromatic rings. The van der Waals surface area contributed by atoms with E-state index >= 15 is 0 Å². The average molecular weight is 390 g/mol. The number of thioether (sulfide) groups is 1. The van der Waals surface area contributed by atoms with Crippen molar-refractivity contribution < 1.29 is 14.3 Å². The van der Waals surface area contributed by atoms with Crippen molar-refractivity contribution in [2.45, 2.75) is 68.9 Å². The molecule has 0 bridgehead atoms. The van der Waals surface area contributed by atoms with Crippen LogP contribution in [-0.2, 0) is 9.53 Å². The third-order valence-corrected chi connectivity index (χ3v) is 6.37. The van der Waals surface area contributed by atoms with Gasteiger partial charge in [0.15, 0.2) is 0 Å². The van der Waals surface area contributed by atoms with E-state index in [0.717, 1.165) is 40.1 Å². The summed E-state index contributed by atoms with van der Waals surface area (Å²) in [5.41, 5.74) is 2.06. The molecular formula is C22H31NO3S. The summed E-state index contributed by atoms with van der Waals surface area (Å²) in [7, 11) is 1.69. The van der Waals surface area contributed by atoms with Gasteiger partial charge >= 0.3 is 5.97 Å². The third-order valence-electron chi connectivity index (χ3n) is 5.12. The lowest BCUT2D eigenvalue weighted by Crippen LogP contribution is -2.24. The van der Waals surface area contributed by atoms with E-state index in [1.807, 2.05) is 30.8 Å². The lowest BCUT2D eigenvalue weighted by atomic mass is 9.88. The van der Waals surface area contributed by atoms with Crippen LogP contribution in [0.5, 0.6) is 5.75 Å². The van der Waals surface area contributed by atoms with Crippen molar-refractivity contribution in [3.8, 4) is 5.75 Å². The van der Waals surface area contributed by atoms with Crippen molar-refractivity contribution in [1.82, 2.24) is 4.98 Å². The quantitative estimate of drug-likeness (QED) is 0.493. The molecule has 3 rings (SSSR count). The van der Waals surface area contributed by atoms with Crippen molar-refractivity contribution in [2.24, 2.45) is 5.92 Å². The smallest absolute Gasteiger partial charge is 0.315 e. The zero-order valence-corrected chi connectivity index (χ0v) is 17.9. The van der Waals surface area contributed by atoms with Crippen molar-refractivity contribution in [2.75, 3.05) is 13.7 Å². The van der Waals surface area contributed by atoms with Crippen molar-refractivity contribution >= 4 is 28.6 Å². The number of hydrogen-bond donors (Lipinski definition) is 1. The van der Waals surface area contributed by atoms with Crippen LogP contribution in [0.1, 0.15) is 65.0 Å². The number of carbonyl (C=O) groups excluding carboxylic acids is 1. The highest BCUT2D eigenvalue weighted by Gasteiger charge is 2.37. The van der Waals surface area contributed by atoms with Crippen LogP contribution in [0.2, 0.25) is 0 Å². The molecule has 27 heavy (non-hydrogen) atoms. The van der Waals surface area contributed by atoms with Crippen LogP contribution < -0.4 is 4.74 Å². The number of carbonyl (C=O) groups is 1. The fraction of sp³-hybridized carbons (Fsp3) is 0.591. The highest BCUT2D eigenvalue weighted by Crippen LogP contribution is 2.47. The van der Waals surface area contributed by atoms with E-state index in [1.54, 1.807) is 7.11 Å². The lowest BCUT2D eigenvalue weighted by Gasteiger charge is -2.24. The first kappa shape index (κ1) is 20.1. The molecule has 1 aromatic heterocycles. The molecular weight excluding hydrogens is 358 g/mol. The van der Waals surface area contributed by atoms with Crippen LogP contribution in [0.4, 0.5) is 0 Å². The van der Waals surface area contributed by atoms with Gasteiger partial charge < -0.3 is 14.5 Å². The summed E-state index contributed by atoms with van der Waals surface area (Å²) in [4.78, 5) is 17.7. The minimum Gasteiger partial charge on any atom is -0.497 e. The number of fused-ring (bicyclic) bond motifs is 1. The molecule has 1 atom stereocenters. The highest BCUT2D eigenvalue weighted by atomic mass is 32.2. The molecule has 4 nitrogen and oxygen atoms in total. The fourth-order valence-corrected chi connectivity index (χ4v) is 5.18. The lowest BCUT2D eigenvalue weighted by molar-refractivity contribution is -0.146. The molecule has 1 unspecified atom stereocenters. The molecule has 1 saturated carbocycles. The topological polar surface area (TPSA) is 51.3 Å². The molecule has 0 saturated heterocycles. The van der Waals surface area contributed by atoms with Crippen LogP contribution in [0.15, 0.2) is 23.1 Å². The largest absolute Gasteiger partial charge is 0.497 e. The zero-order chi connectivity index (χ0) is 19.6. The average Bonchev–Trinajstić information content (AvgIpc) is 3.23. The first-order chi connectivity index (χ1) is 12.8. The standard InChI is InChI=1S/C22H31NO3S/c1-6-26-21(24)18(14-9-7-8-10-14)19-20(27-22(2,3)4)16-13-15(25-5)11-12-17(16)23-19/h11-14,18,23H,6-10H2,1-5H3. The molecule has 0 radical (unpaired) electrons. The maximum Gasteiger partial charge on any atom is 0.315 e. The van der Waals surface area contributed by atoms with E-state index in [1.165, 1.54) is 12.8 Å². The molecule has 1 aromatic carbocycles. The van der Waals surface area contributed by atoms with E-state index < -0.39 is 0 Å². The van der Waals surface area contributed by atoms with Gasteiger partial charge in [0.05, 0.1) is 13.7 Å². The van der Waals surface area contributed by atoms with Gasteiger partial charge in [-0.2, -0.15) is 0 Å². The summed E-state index contributed by atoms with van der Waals surface area (Å²) < 4.78 is 11.0. The minimum absolute atomic E-state index is 0.0296. The Morgan fingerprint density at radius 3 is 2.59 bits per heavy atom. The fourth-order valence-electron chi connectivity index (χ4n) is 4.00. The summed E-state index contributed by atoms with van der Waals surface area (Å²) in [5, 5.41) is 1.12. The Kier molecular flexibility index (Phi) is 6.09. The molecule has 0 spiro atoms. The van der Waals surface area contributed by atoms with E-state index in [2.05, 4.69) is 31.8 Å². The summed E-state index contributed by atoms with van der Waals surface area (Å²) in [6.07, 6.45) is 4.55. The van der Waals surface area contributed by atoms with Crippen LogP contribution in [0.3, 0.4) is 0 Å². The van der Waals surface area contributed by atoms with Crippen molar-refractivity contribution in [1.29, 1.82) is 0 Å². The summed E-state index contributed by atoms with van der Waals surface area (Å²) in [5.74, 6) is 0.852. The van der Waals surface area contributed by atoms with Gasteiger partial charge in [-0.1, -0.05) is 33.6 Å². The van der Waals surface area contributed by atoms with Crippen LogP contribution in [-0.4, -0.2) is 29.4 Å². The Morgan fingerprint density at radius 1 is 1.30 bits per heavy atom. The molecule has 1 fully saturated rings. The zero-order valence-electron chi connectivity index (χ0n) is 17.1. The number of H-pyrrole nitrogens is 1. The normalized spacial score (nSPS) is 16.6. The van der Waals surface area contributed by atoms with Gasteiger partial charge in [-0.15, -0.1) is 11.8 Å². The Balaban J connectivity index is 2.16. The second kappa shape index (κ2) is 8.17. The second-order valence-electron chi connectivity index (χ2n) is 8.27. The first-order valence-electron chi connectivity index (χ1n) is 9.89. The second-order valence-corrected chi connectivity index (χ2v) is 10.1. The Bertz CT molecular complexity index is 800. The van der Waals surface area contributed by atoms with E-state index in [4.69, 9.17) is 9.47 Å². The molecule has 0 aliphatic heterocycles. The molecule has 5 heteroatoms. The summed E-state index contributed by atoms with van der Waals surface area (Å²) in [6.45, 7) is 8.91. The molecule has 1 N–H and O–H groups in total. The van der Waals surface area contributed by atoms with Gasteiger partial charge in [-0.25, -0.2) is 0 Å². The van der Waals surface area contributed by atoms with Crippen LogP contribution in [0, 0.1) is 5.92 Å². The molecule has 148 valence electrons. The Hall–Kier alpha value is -1.62. The number of esters is 1. The first-order valence-corrected chi connectivity index (χ1v) is 10.7. The summed E-state index contributed by atoms with van der Waals surface area (Å²) in [6, 6.07) is 6.07. The van der Waals surface area contributed by atoms with Gasteiger partial charge in [0.25, 0.3) is 0 Å². The highest BCUT2D eigenvalue weighted by molar-refractivity contribution is 8.00. The predicted molar refractivity (Wildman–Crippen MR) is 112 cm³/mol. The molecule has 1 heterocycles. The number of rotatable bonds is 6. The molecule has 0 amide bonds. The number of methoxy groups -OCH3 is 1. The van der Waals surface area contributed by atoms with Gasteiger partial charge in [0, 0.05) is 26.2 Å². The predicted octanol–water partition coefficient (Wildman–Crippen LogP) is 5.90.